The van der Waals surface area contributed by atoms with Crippen molar-refractivity contribution in [2.24, 2.45) is 0 Å². The van der Waals surface area contributed by atoms with Crippen LogP contribution < -0.4 is 9.62 Å². The lowest BCUT2D eigenvalue weighted by atomic mass is 10.4. The van der Waals surface area contributed by atoms with E-state index in [2.05, 4.69) is 9.71 Å². The van der Waals surface area contributed by atoms with Crippen molar-refractivity contribution in [3.8, 4) is 0 Å². The summed E-state index contributed by atoms with van der Waals surface area (Å²) in [6, 6.07) is 4.48. The molecule has 0 spiro atoms. The van der Waals surface area contributed by atoms with Crippen molar-refractivity contribution in [1.29, 1.82) is 0 Å². The standard InChI is InChI=1S/C17H20ClN3O5S2/c1-4-21(12(3)22)17-19-14(10-27-17)9-26-16(23)11(2)20-28(24,25)15-7-5-13(18)6-8-15/h5-8,10-11,20H,4,9H2,1-3H3. The second kappa shape index (κ2) is 9.46. The maximum Gasteiger partial charge on any atom is 0.324 e. The first-order chi connectivity index (χ1) is 13.1. The number of carbonyl (C=O) groups excluding carboxylic acids is 2. The number of ether oxygens (including phenoxy) is 1. The highest BCUT2D eigenvalue weighted by atomic mass is 35.5. The van der Waals surface area contributed by atoms with Crippen LogP contribution in [0.5, 0.6) is 0 Å². The van der Waals surface area contributed by atoms with Gasteiger partial charge in [0.25, 0.3) is 0 Å². The molecule has 1 atom stereocenters. The average molecular weight is 446 g/mol. The van der Waals surface area contributed by atoms with Crippen LogP contribution in [0.15, 0.2) is 34.5 Å². The number of hydrogen-bond acceptors (Lipinski definition) is 7. The fraction of sp³-hybridized carbons (Fsp3) is 0.353. The molecule has 0 aliphatic heterocycles. The zero-order chi connectivity index (χ0) is 20.9. The Morgan fingerprint density at radius 2 is 1.96 bits per heavy atom. The first-order valence-electron chi connectivity index (χ1n) is 8.31. The smallest absolute Gasteiger partial charge is 0.324 e. The van der Waals surface area contributed by atoms with Gasteiger partial charge in [-0.25, -0.2) is 13.4 Å². The highest BCUT2D eigenvalue weighted by molar-refractivity contribution is 7.89. The van der Waals surface area contributed by atoms with Gasteiger partial charge in [0.1, 0.15) is 12.6 Å². The van der Waals surface area contributed by atoms with Gasteiger partial charge in [-0.2, -0.15) is 4.72 Å². The van der Waals surface area contributed by atoms with E-state index in [0.29, 0.717) is 22.4 Å². The summed E-state index contributed by atoms with van der Waals surface area (Å²) >= 11 is 7.01. The molecule has 1 amide bonds. The predicted molar refractivity (Wildman–Crippen MR) is 107 cm³/mol. The number of halogens is 1. The molecule has 0 saturated carbocycles. The Morgan fingerprint density at radius 1 is 1.32 bits per heavy atom. The minimum Gasteiger partial charge on any atom is -0.458 e. The maximum absolute atomic E-state index is 12.3. The number of nitrogens with one attached hydrogen (secondary N) is 1. The summed E-state index contributed by atoms with van der Waals surface area (Å²) in [6.45, 7) is 5.01. The van der Waals surface area contributed by atoms with Gasteiger partial charge in [-0.15, -0.1) is 11.3 Å². The lowest BCUT2D eigenvalue weighted by Crippen LogP contribution is -2.39. The maximum atomic E-state index is 12.3. The number of sulfonamides is 1. The number of aromatic nitrogens is 1. The molecule has 0 bridgehead atoms. The molecule has 2 rings (SSSR count). The van der Waals surface area contributed by atoms with Crippen molar-refractivity contribution >= 4 is 50.0 Å². The number of benzene rings is 1. The SMILES string of the molecule is CCN(C(C)=O)c1nc(COC(=O)C(C)NS(=O)(=O)c2ccc(Cl)cc2)cs1. The van der Waals surface area contributed by atoms with Gasteiger partial charge in [-0.1, -0.05) is 11.6 Å². The van der Waals surface area contributed by atoms with Crippen LogP contribution in [0.4, 0.5) is 5.13 Å². The molecule has 11 heteroatoms. The minimum atomic E-state index is -3.89. The molecule has 1 aromatic heterocycles. The normalized spacial score (nSPS) is 12.4. The molecule has 8 nitrogen and oxygen atoms in total. The third-order valence-corrected chi connectivity index (χ3v) is 6.36. The van der Waals surface area contributed by atoms with Gasteiger partial charge in [0, 0.05) is 23.9 Å². The quantitative estimate of drug-likeness (QED) is 0.626. The molecule has 28 heavy (non-hydrogen) atoms. The van der Waals surface area contributed by atoms with Gasteiger partial charge in [-0.3, -0.25) is 14.5 Å². The summed E-state index contributed by atoms with van der Waals surface area (Å²) in [5, 5.41) is 2.59. The molecular formula is C17H20ClN3O5S2. The summed E-state index contributed by atoms with van der Waals surface area (Å²) < 4.78 is 32.0. The van der Waals surface area contributed by atoms with Crippen LogP contribution >= 0.6 is 22.9 Å². The first kappa shape index (κ1) is 22.3. The van der Waals surface area contributed by atoms with Crippen LogP contribution in [0.3, 0.4) is 0 Å². The van der Waals surface area contributed by atoms with E-state index in [9.17, 15) is 18.0 Å². The van der Waals surface area contributed by atoms with E-state index in [-0.39, 0.29) is 17.4 Å². The third-order valence-electron chi connectivity index (χ3n) is 3.64. The van der Waals surface area contributed by atoms with Crippen LogP contribution in [0.1, 0.15) is 26.5 Å². The zero-order valence-corrected chi connectivity index (χ0v) is 17.9. The summed E-state index contributed by atoms with van der Waals surface area (Å²) in [4.78, 5) is 29.4. The van der Waals surface area contributed by atoms with Crippen molar-refractivity contribution in [2.75, 3.05) is 11.4 Å². The Morgan fingerprint density at radius 3 is 2.54 bits per heavy atom. The van der Waals surface area contributed by atoms with Gasteiger partial charge < -0.3 is 4.74 Å². The van der Waals surface area contributed by atoms with E-state index in [1.54, 1.807) is 5.38 Å². The number of thiazole rings is 1. The van der Waals surface area contributed by atoms with Crippen LogP contribution in [-0.2, 0) is 31.0 Å². The molecule has 0 fully saturated rings. The molecular weight excluding hydrogens is 426 g/mol. The van der Waals surface area contributed by atoms with E-state index in [4.69, 9.17) is 16.3 Å². The molecule has 1 heterocycles. The second-order valence-corrected chi connectivity index (χ2v) is 8.78. The van der Waals surface area contributed by atoms with E-state index in [1.165, 1.54) is 54.3 Å². The van der Waals surface area contributed by atoms with Gasteiger partial charge in [0.05, 0.1) is 10.6 Å². The van der Waals surface area contributed by atoms with Crippen LogP contribution in [0, 0.1) is 0 Å². The molecule has 1 N–H and O–H groups in total. The van der Waals surface area contributed by atoms with E-state index in [1.807, 2.05) is 6.92 Å². The molecule has 1 unspecified atom stereocenters. The number of carbonyl (C=O) groups is 2. The molecule has 2 aromatic rings. The molecule has 0 aliphatic carbocycles. The number of anilines is 1. The second-order valence-electron chi connectivity index (χ2n) is 5.79. The third kappa shape index (κ3) is 5.74. The Labute approximate surface area is 172 Å². The van der Waals surface area contributed by atoms with Gasteiger partial charge >= 0.3 is 5.97 Å². The highest BCUT2D eigenvalue weighted by Gasteiger charge is 2.23. The number of hydrogen-bond donors (Lipinski definition) is 1. The minimum absolute atomic E-state index is 0.00965. The topological polar surface area (TPSA) is 106 Å². The monoisotopic (exact) mass is 445 g/mol. The Kier molecular flexibility index (Phi) is 7.53. The van der Waals surface area contributed by atoms with Crippen LogP contribution in [0.2, 0.25) is 5.02 Å². The van der Waals surface area contributed by atoms with E-state index >= 15 is 0 Å². The van der Waals surface area contributed by atoms with Gasteiger partial charge in [0.15, 0.2) is 5.13 Å². The molecule has 1 aromatic carbocycles. The van der Waals surface area contributed by atoms with E-state index in [0.717, 1.165) is 0 Å². The lowest BCUT2D eigenvalue weighted by Gasteiger charge is -2.15. The lowest BCUT2D eigenvalue weighted by molar-refractivity contribution is -0.146. The summed E-state index contributed by atoms with van der Waals surface area (Å²) in [5.41, 5.74) is 0.473. The first-order valence-corrected chi connectivity index (χ1v) is 11.0. The highest BCUT2D eigenvalue weighted by Crippen LogP contribution is 2.21. The van der Waals surface area contributed by atoms with Crippen molar-refractivity contribution in [1.82, 2.24) is 9.71 Å². The van der Waals surface area contributed by atoms with Crippen molar-refractivity contribution in [2.45, 2.75) is 38.3 Å². The van der Waals surface area contributed by atoms with Crippen molar-refractivity contribution < 1.29 is 22.7 Å². The largest absolute Gasteiger partial charge is 0.458 e. The predicted octanol–water partition coefficient (Wildman–Crippen LogP) is 2.58. The molecule has 0 radical (unpaired) electrons. The summed E-state index contributed by atoms with van der Waals surface area (Å²) in [7, 11) is -3.89. The number of esters is 1. The molecule has 152 valence electrons. The number of amides is 1. The Bertz CT molecular complexity index is 944. The van der Waals surface area contributed by atoms with Crippen molar-refractivity contribution in [3.63, 3.8) is 0 Å². The molecule has 0 aliphatic rings. The zero-order valence-electron chi connectivity index (χ0n) is 15.5. The average Bonchev–Trinajstić information content (AvgIpc) is 3.08. The molecule has 0 saturated heterocycles. The van der Waals surface area contributed by atoms with Crippen LogP contribution in [0.25, 0.3) is 0 Å². The van der Waals surface area contributed by atoms with Crippen LogP contribution in [-0.4, -0.2) is 37.9 Å². The van der Waals surface area contributed by atoms with E-state index < -0.39 is 22.0 Å². The fourth-order valence-corrected chi connectivity index (χ4v) is 4.45. The number of nitrogens with zero attached hydrogens (tertiary/aromatic N) is 2. The summed E-state index contributed by atoms with van der Waals surface area (Å²) in [6.07, 6.45) is 0. The van der Waals surface area contributed by atoms with Crippen molar-refractivity contribution in [3.05, 3.63) is 40.4 Å². The summed E-state index contributed by atoms with van der Waals surface area (Å²) in [5.74, 6) is -0.878. The van der Waals surface area contributed by atoms with Gasteiger partial charge in [0.2, 0.25) is 15.9 Å². The fourth-order valence-electron chi connectivity index (χ4n) is 2.21. The number of rotatable bonds is 8. The Hall–Kier alpha value is -2.01. The van der Waals surface area contributed by atoms with Gasteiger partial charge in [-0.05, 0) is 38.1 Å². The Balaban J connectivity index is 1.95.